The molecule has 1 atom stereocenters. The van der Waals surface area contributed by atoms with Gasteiger partial charge in [0, 0.05) is 0 Å². The lowest BCUT2D eigenvalue weighted by molar-refractivity contribution is -0.124. The van der Waals surface area contributed by atoms with E-state index in [-0.39, 0.29) is 5.78 Å². The Bertz CT molecular complexity index is 392. The number of benzene rings is 1. The fourth-order valence-electron chi connectivity index (χ4n) is 1.97. The van der Waals surface area contributed by atoms with Crippen LogP contribution in [0.1, 0.15) is 25.8 Å². The summed E-state index contributed by atoms with van der Waals surface area (Å²) < 4.78 is 5.11. The highest BCUT2D eigenvalue weighted by atomic mass is 16.5. The summed E-state index contributed by atoms with van der Waals surface area (Å²) in [5, 5.41) is 0. The van der Waals surface area contributed by atoms with Gasteiger partial charge in [0.05, 0.1) is 12.5 Å². The van der Waals surface area contributed by atoms with Crippen LogP contribution in [0.5, 0.6) is 5.75 Å². The molecular formula is C15H20O2. The average molecular weight is 232 g/mol. The highest BCUT2D eigenvalue weighted by molar-refractivity contribution is 5.84. The monoisotopic (exact) mass is 232 g/mol. The fraction of sp³-hybridized carbons (Fsp3) is 0.400. The normalized spacial score (nSPS) is 13.8. The molecule has 0 spiro atoms. The van der Waals surface area contributed by atoms with Crippen LogP contribution in [0.15, 0.2) is 36.9 Å². The topological polar surface area (TPSA) is 26.3 Å². The molecule has 0 aromatic heterocycles. The lowest BCUT2D eigenvalue weighted by Crippen LogP contribution is -2.28. The van der Waals surface area contributed by atoms with Gasteiger partial charge in [-0.05, 0) is 37.5 Å². The highest BCUT2D eigenvalue weighted by Gasteiger charge is 2.29. The Morgan fingerprint density at radius 2 is 2.00 bits per heavy atom. The minimum atomic E-state index is -0.436. The molecule has 0 saturated heterocycles. The van der Waals surface area contributed by atoms with Crippen molar-refractivity contribution < 1.29 is 9.53 Å². The van der Waals surface area contributed by atoms with Crippen LogP contribution in [0.4, 0.5) is 0 Å². The van der Waals surface area contributed by atoms with E-state index in [4.69, 9.17) is 4.74 Å². The summed E-state index contributed by atoms with van der Waals surface area (Å²) >= 11 is 0. The van der Waals surface area contributed by atoms with E-state index in [0.717, 1.165) is 17.7 Å². The molecular weight excluding hydrogens is 212 g/mol. The number of rotatable bonds is 6. The molecule has 17 heavy (non-hydrogen) atoms. The van der Waals surface area contributed by atoms with E-state index in [1.165, 1.54) is 0 Å². The second kappa shape index (κ2) is 5.67. The van der Waals surface area contributed by atoms with E-state index in [1.807, 2.05) is 31.2 Å². The molecule has 0 N–H and O–H groups in total. The molecule has 0 radical (unpaired) electrons. The summed E-state index contributed by atoms with van der Waals surface area (Å²) in [4.78, 5) is 11.8. The maximum atomic E-state index is 11.8. The van der Waals surface area contributed by atoms with Crippen LogP contribution in [0, 0.1) is 5.41 Å². The van der Waals surface area contributed by atoms with Crippen molar-refractivity contribution in [3.05, 3.63) is 42.5 Å². The molecule has 2 nitrogen and oxygen atoms in total. The molecule has 1 aromatic carbocycles. The summed E-state index contributed by atoms with van der Waals surface area (Å²) in [5.41, 5.74) is 0.692. The first-order valence-electron chi connectivity index (χ1n) is 5.85. The van der Waals surface area contributed by atoms with Gasteiger partial charge >= 0.3 is 0 Å². The van der Waals surface area contributed by atoms with Gasteiger partial charge in [0.1, 0.15) is 11.5 Å². The first kappa shape index (κ1) is 13.5. The third-order valence-corrected chi connectivity index (χ3v) is 3.40. The summed E-state index contributed by atoms with van der Waals surface area (Å²) in [6, 6.07) is 7.82. The number of hydrogen-bond acceptors (Lipinski definition) is 2. The predicted octanol–water partition coefficient (Wildman–Crippen LogP) is 3.41. The third-order valence-electron chi connectivity index (χ3n) is 3.40. The molecule has 1 rings (SSSR count). The quantitative estimate of drug-likeness (QED) is 0.703. The second-order valence-corrected chi connectivity index (χ2v) is 4.29. The minimum absolute atomic E-state index is 0.172. The molecule has 0 amide bonds. The van der Waals surface area contributed by atoms with Crippen LogP contribution in [0.25, 0.3) is 0 Å². The van der Waals surface area contributed by atoms with Gasteiger partial charge in [0.2, 0.25) is 0 Å². The maximum absolute atomic E-state index is 11.8. The van der Waals surface area contributed by atoms with E-state index < -0.39 is 5.41 Å². The summed E-state index contributed by atoms with van der Waals surface area (Å²) in [6.07, 6.45) is 3.25. The molecule has 0 fully saturated rings. The minimum Gasteiger partial charge on any atom is -0.497 e. The summed E-state index contributed by atoms with van der Waals surface area (Å²) in [5.74, 6) is 1.00. The van der Waals surface area contributed by atoms with Crippen molar-refractivity contribution in [1.82, 2.24) is 0 Å². The van der Waals surface area contributed by atoms with Crippen molar-refractivity contribution in [1.29, 1.82) is 0 Å². The molecule has 1 unspecified atom stereocenters. The highest BCUT2D eigenvalue weighted by Crippen LogP contribution is 2.30. The van der Waals surface area contributed by atoms with Crippen LogP contribution >= 0.6 is 0 Å². The van der Waals surface area contributed by atoms with Gasteiger partial charge < -0.3 is 4.74 Å². The van der Waals surface area contributed by atoms with E-state index in [9.17, 15) is 4.79 Å². The van der Waals surface area contributed by atoms with Crippen LogP contribution in [0.2, 0.25) is 0 Å². The van der Waals surface area contributed by atoms with E-state index in [0.29, 0.717) is 6.42 Å². The van der Waals surface area contributed by atoms with Gasteiger partial charge in [-0.25, -0.2) is 0 Å². The zero-order chi connectivity index (χ0) is 12.9. The maximum Gasteiger partial charge on any atom is 0.140 e. The number of Topliss-reactive ketones (excluding diaryl/α,β-unsaturated/α-hetero) is 1. The Morgan fingerprint density at radius 1 is 1.41 bits per heavy atom. The van der Waals surface area contributed by atoms with Gasteiger partial charge in [0.25, 0.3) is 0 Å². The Hall–Kier alpha value is -1.57. The van der Waals surface area contributed by atoms with Gasteiger partial charge in [-0.2, -0.15) is 0 Å². The van der Waals surface area contributed by atoms with Crippen molar-refractivity contribution in [2.24, 2.45) is 5.41 Å². The molecule has 92 valence electrons. The molecule has 0 aliphatic carbocycles. The number of methoxy groups -OCH3 is 1. The number of carbonyl (C=O) groups is 1. The lowest BCUT2D eigenvalue weighted by Gasteiger charge is -2.26. The Kier molecular flexibility index (Phi) is 4.50. The largest absolute Gasteiger partial charge is 0.497 e. The Labute approximate surface area is 103 Å². The van der Waals surface area contributed by atoms with Crippen LogP contribution in [0.3, 0.4) is 0 Å². The molecule has 0 aliphatic heterocycles. The predicted molar refractivity (Wildman–Crippen MR) is 70.3 cm³/mol. The standard InChI is InChI=1S/C15H20O2/c1-5-15(6-2,12(3)16)11-13-7-9-14(17-4)10-8-13/h5,7-10H,1,6,11H2,2-4H3. The van der Waals surface area contributed by atoms with Crippen molar-refractivity contribution in [3.8, 4) is 5.75 Å². The molecule has 0 aliphatic rings. The van der Waals surface area contributed by atoms with Gasteiger partial charge in [-0.15, -0.1) is 6.58 Å². The summed E-state index contributed by atoms with van der Waals surface area (Å²) in [6.45, 7) is 7.46. The van der Waals surface area contributed by atoms with Crippen molar-refractivity contribution in [2.75, 3.05) is 7.11 Å². The summed E-state index contributed by atoms with van der Waals surface area (Å²) in [7, 11) is 1.64. The lowest BCUT2D eigenvalue weighted by atomic mass is 9.76. The van der Waals surface area contributed by atoms with Crippen LogP contribution in [-0.2, 0) is 11.2 Å². The van der Waals surface area contributed by atoms with Gasteiger partial charge in [-0.1, -0.05) is 25.1 Å². The number of allylic oxidation sites excluding steroid dienone is 1. The van der Waals surface area contributed by atoms with Crippen molar-refractivity contribution in [3.63, 3.8) is 0 Å². The fourth-order valence-corrected chi connectivity index (χ4v) is 1.97. The van der Waals surface area contributed by atoms with Gasteiger partial charge in [-0.3, -0.25) is 4.79 Å². The number of carbonyl (C=O) groups excluding carboxylic acids is 1. The molecule has 0 saturated carbocycles. The Balaban J connectivity index is 2.93. The number of ketones is 1. The van der Waals surface area contributed by atoms with Crippen LogP contribution < -0.4 is 4.74 Å². The van der Waals surface area contributed by atoms with E-state index in [2.05, 4.69) is 6.58 Å². The molecule has 0 heterocycles. The first-order chi connectivity index (χ1) is 8.07. The third kappa shape index (κ3) is 2.96. The van der Waals surface area contributed by atoms with E-state index in [1.54, 1.807) is 20.1 Å². The SMILES string of the molecule is C=CC(CC)(Cc1ccc(OC)cc1)C(C)=O. The zero-order valence-electron chi connectivity index (χ0n) is 10.8. The van der Waals surface area contributed by atoms with Crippen molar-refractivity contribution >= 4 is 5.78 Å². The second-order valence-electron chi connectivity index (χ2n) is 4.29. The number of ether oxygens (including phenoxy) is 1. The van der Waals surface area contributed by atoms with Crippen LogP contribution in [-0.4, -0.2) is 12.9 Å². The zero-order valence-corrected chi connectivity index (χ0v) is 10.8. The van der Waals surface area contributed by atoms with Crippen molar-refractivity contribution in [2.45, 2.75) is 26.7 Å². The van der Waals surface area contributed by atoms with Gasteiger partial charge in [0.15, 0.2) is 0 Å². The smallest absolute Gasteiger partial charge is 0.140 e. The average Bonchev–Trinajstić information content (AvgIpc) is 2.36. The number of hydrogen-bond donors (Lipinski definition) is 0. The first-order valence-corrected chi connectivity index (χ1v) is 5.85. The Morgan fingerprint density at radius 3 is 2.35 bits per heavy atom. The molecule has 0 bridgehead atoms. The molecule has 1 aromatic rings. The molecule has 2 heteroatoms. The van der Waals surface area contributed by atoms with E-state index >= 15 is 0 Å².